The molecule has 3 rings (SSSR count). The van der Waals surface area contributed by atoms with Crippen LogP contribution in [0.2, 0.25) is 0 Å². The molecule has 1 aromatic rings. The molecule has 0 bridgehead atoms. The van der Waals surface area contributed by atoms with Crippen molar-refractivity contribution in [2.75, 3.05) is 20.2 Å². The molecule has 1 N–H and O–H groups in total. The molecule has 1 saturated carbocycles. The van der Waals surface area contributed by atoms with Crippen molar-refractivity contribution in [3.63, 3.8) is 0 Å². The normalized spacial score (nSPS) is 22.5. The van der Waals surface area contributed by atoms with Gasteiger partial charge in [0.25, 0.3) is 0 Å². The van der Waals surface area contributed by atoms with Crippen LogP contribution in [0, 0.1) is 5.92 Å². The van der Waals surface area contributed by atoms with Gasteiger partial charge < -0.3 is 24.2 Å². The second-order valence-corrected chi connectivity index (χ2v) is 7.82. The van der Waals surface area contributed by atoms with Crippen LogP contribution < -0.4 is 9.47 Å². The first-order valence-electron chi connectivity index (χ1n) is 9.92. The third kappa shape index (κ3) is 4.51. The zero-order chi connectivity index (χ0) is 20.3. The van der Waals surface area contributed by atoms with Crippen molar-refractivity contribution < 1.29 is 28.9 Å². The van der Waals surface area contributed by atoms with Crippen LogP contribution in [0.1, 0.15) is 51.0 Å². The number of benzene rings is 1. The quantitative estimate of drug-likeness (QED) is 0.797. The highest BCUT2D eigenvalue weighted by atomic mass is 16.6. The topological polar surface area (TPSA) is 85.3 Å². The van der Waals surface area contributed by atoms with Crippen LogP contribution in [0.4, 0.5) is 4.79 Å². The van der Waals surface area contributed by atoms with Crippen molar-refractivity contribution in [1.29, 1.82) is 0 Å². The van der Waals surface area contributed by atoms with E-state index in [1.54, 1.807) is 21.0 Å². The van der Waals surface area contributed by atoms with E-state index in [2.05, 4.69) is 0 Å². The van der Waals surface area contributed by atoms with E-state index in [9.17, 15) is 14.7 Å². The first-order valence-corrected chi connectivity index (χ1v) is 9.92. The van der Waals surface area contributed by atoms with E-state index < -0.39 is 18.0 Å². The van der Waals surface area contributed by atoms with Crippen LogP contribution in [0.5, 0.6) is 11.5 Å². The maximum absolute atomic E-state index is 12.3. The zero-order valence-electron chi connectivity index (χ0n) is 16.7. The average molecular weight is 391 g/mol. The summed E-state index contributed by atoms with van der Waals surface area (Å²) in [6, 6.07) is 5.54. The first-order chi connectivity index (χ1) is 13.4. The van der Waals surface area contributed by atoms with E-state index in [-0.39, 0.29) is 24.7 Å². The van der Waals surface area contributed by atoms with Crippen LogP contribution in [0.3, 0.4) is 0 Å². The predicted octanol–water partition coefficient (Wildman–Crippen LogP) is 3.66. The maximum Gasteiger partial charge on any atom is 0.410 e. The molecule has 1 heterocycles. The fourth-order valence-corrected chi connectivity index (χ4v) is 4.02. The number of carboxylic acids is 1. The molecule has 0 unspecified atom stereocenters. The minimum atomic E-state index is -0.918. The number of hydrogen-bond acceptors (Lipinski definition) is 5. The lowest BCUT2D eigenvalue weighted by Gasteiger charge is -2.20. The van der Waals surface area contributed by atoms with Gasteiger partial charge in [0.2, 0.25) is 0 Å². The number of carbonyl (C=O) groups excluding carboxylic acids is 1. The molecule has 7 nitrogen and oxygen atoms in total. The number of ether oxygens (including phenoxy) is 3. The molecule has 2 fully saturated rings. The van der Waals surface area contributed by atoms with Crippen LogP contribution in [-0.4, -0.2) is 54.5 Å². The van der Waals surface area contributed by atoms with Gasteiger partial charge in [-0.2, -0.15) is 0 Å². The first kappa shape index (κ1) is 20.3. The summed E-state index contributed by atoms with van der Waals surface area (Å²) in [5, 5.41) is 9.69. The van der Waals surface area contributed by atoms with Crippen molar-refractivity contribution in [2.45, 2.75) is 57.7 Å². The monoisotopic (exact) mass is 391 g/mol. The molecule has 154 valence electrons. The zero-order valence-corrected chi connectivity index (χ0v) is 16.7. The lowest BCUT2D eigenvalue weighted by molar-refractivity contribution is -0.141. The highest BCUT2D eigenvalue weighted by molar-refractivity contribution is 5.76. The number of likely N-dealkylation sites (tertiary alicyclic amines) is 1. The Morgan fingerprint density at radius 2 is 1.86 bits per heavy atom. The van der Waals surface area contributed by atoms with Crippen molar-refractivity contribution >= 4 is 12.1 Å². The van der Waals surface area contributed by atoms with Gasteiger partial charge >= 0.3 is 12.1 Å². The molecule has 2 atom stereocenters. The molecular weight excluding hydrogens is 362 g/mol. The lowest BCUT2D eigenvalue weighted by Crippen LogP contribution is -2.32. The SMILES string of the molecule is COc1ccc([C@H]2CN(C(=O)OC(C)C)C[C@@H]2C(=O)O)cc1OC1CCCC1. The Labute approximate surface area is 165 Å². The number of nitrogens with zero attached hydrogens (tertiary/aromatic N) is 1. The Kier molecular flexibility index (Phi) is 6.31. The van der Waals surface area contributed by atoms with E-state index in [4.69, 9.17) is 14.2 Å². The fourth-order valence-electron chi connectivity index (χ4n) is 4.02. The summed E-state index contributed by atoms with van der Waals surface area (Å²) < 4.78 is 16.8. The summed E-state index contributed by atoms with van der Waals surface area (Å²) in [6.07, 6.45) is 3.79. The predicted molar refractivity (Wildman–Crippen MR) is 103 cm³/mol. The molecule has 28 heavy (non-hydrogen) atoms. The molecular formula is C21H29NO6. The Morgan fingerprint density at radius 3 is 2.46 bits per heavy atom. The van der Waals surface area contributed by atoms with Gasteiger partial charge in [0.15, 0.2) is 11.5 Å². The number of amides is 1. The van der Waals surface area contributed by atoms with E-state index in [1.807, 2.05) is 18.2 Å². The van der Waals surface area contributed by atoms with Crippen molar-refractivity contribution in [3.8, 4) is 11.5 Å². The fraction of sp³-hybridized carbons (Fsp3) is 0.619. The highest BCUT2D eigenvalue weighted by Gasteiger charge is 2.41. The molecule has 0 radical (unpaired) electrons. The molecule has 7 heteroatoms. The summed E-state index contributed by atoms with van der Waals surface area (Å²) in [5.41, 5.74) is 0.834. The summed E-state index contributed by atoms with van der Waals surface area (Å²) in [6.45, 7) is 3.99. The minimum absolute atomic E-state index is 0.135. The molecule has 1 saturated heterocycles. The molecule has 1 aliphatic heterocycles. The van der Waals surface area contributed by atoms with E-state index >= 15 is 0 Å². The van der Waals surface area contributed by atoms with E-state index in [0.717, 1.165) is 31.2 Å². The smallest absolute Gasteiger partial charge is 0.410 e. The van der Waals surface area contributed by atoms with Crippen LogP contribution in [0.15, 0.2) is 18.2 Å². The minimum Gasteiger partial charge on any atom is -0.493 e. The van der Waals surface area contributed by atoms with Crippen molar-refractivity contribution in [1.82, 2.24) is 4.90 Å². The standard InChI is InChI=1S/C21H29NO6/c1-13(2)27-21(25)22-11-16(17(12-22)20(23)24)14-8-9-18(26-3)19(10-14)28-15-6-4-5-7-15/h8-10,13,15-17H,4-7,11-12H2,1-3H3,(H,23,24)/t16-,17+/m1/s1. The van der Waals surface area contributed by atoms with Gasteiger partial charge in [-0.05, 0) is 57.2 Å². The summed E-state index contributed by atoms with van der Waals surface area (Å²) in [4.78, 5) is 25.6. The number of carbonyl (C=O) groups is 2. The lowest BCUT2D eigenvalue weighted by atomic mass is 9.89. The Hall–Kier alpha value is -2.44. The summed E-state index contributed by atoms with van der Waals surface area (Å²) in [5.74, 6) is -0.656. The van der Waals surface area contributed by atoms with E-state index in [0.29, 0.717) is 18.0 Å². The summed E-state index contributed by atoms with van der Waals surface area (Å²) >= 11 is 0. The third-order valence-corrected chi connectivity index (χ3v) is 5.44. The van der Waals surface area contributed by atoms with Gasteiger partial charge in [-0.1, -0.05) is 6.07 Å². The second kappa shape index (κ2) is 8.71. The molecule has 0 spiro atoms. The number of rotatable bonds is 6. The Balaban J connectivity index is 1.83. The summed E-state index contributed by atoms with van der Waals surface area (Å²) in [7, 11) is 1.59. The van der Waals surface area contributed by atoms with Gasteiger partial charge in [-0.15, -0.1) is 0 Å². The highest BCUT2D eigenvalue weighted by Crippen LogP contribution is 2.39. The molecule has 1 aliphatic carbocycles. The Morgan fingerprint density at radius 1 is 1.14 bits per heavy atom. The number of carboxylic acid groups (broad SMARTS) is 1. The van der Waals surface area contributed by atoms with Crippen LogP contribution in [0.25, 0.3) is 0 Å². The van der Waals surface area contributed by atoms with Gasteiger partial charge in [0.1, 0.15) is 0 Å². The largest absolute Gasteiger partial charge is 0.493 e. The van der Waals surface area contributed by atoms with Crippen molar-refractivity contribution in [3.05, 3.63) is 23.8 Å². The van der Waals surface area contributed by atoms with Crippen LogP contribution in [-0.2, 0) is 9.53 Å². The van der Waals surface area contributed by atoms with Gasteiger partial charge in [-0.25, -0.2) is 4.79 Å². The average Bonchev–Trinajstić information content (AvgIpc) is 3.30. The Bertz CT molecular complexity index is 713. The van der Waals surface area contributed by atoms with Gasteiger partial charge in [-0.3, -0.25) is 4.79 Å². The molecule has 2 aliphatic rings. The molecule has 1 aromatic carbocycles. The van der Waals surface area contributed by atoms with Crippen LogP contribution >= 0.6 is 0 Å². The number of aliphatic carboxylic acids is 1. The van der Waals surface area contributed by atoms with Gasteiger partial charge in [0.05, 0.1) is 25.2 Å². The molecule has 0 aromatic heterocycles. The van der Waals surface area contributed by atoms with E-state index in [1.165, 1.54) is 4.90 Å². The number of hydrogen-bond donors (Lipinski definition) is 1. The van der Waals surface area contributed by atoms with Gasteiger partial charge in [0, 0.05) is 19.0 Å². The van der Waals surface area contributed by atoms with Crippen molar-refractivity contribution in [2.24, 2.45) is 5.92 Å². The molecule has 1 amide bonds. The maximum atomic E-state index is 12.3. The second-order valence-electron chi connectivity index (χ2n) is 7.82. The number of methoxy groups -OCH3 is 1. The third-order valence-electron chi connectivity index (χ3n) is 5.44.